The van der Waals surface area contributed by atoms with Crippen LogP contribution in [0.1, 0.15) is 15.9 Å². The second kappa shape index (κ2) is 4.87. The first-order valence-electron chi connectivity index (χ1n) is 7.19. The van der Waals surface area contributed by atoms with Crippen LogP contribution < -0.4 is 15.0 Å². The van der Waals surface area contributed by atoms with Crippen LogP contribution in [-0.4, -0.2) is 25.0 Å². The molecule has 0 aromatic heterocycles. The molecule has 0 bridgehead atoms. The molecule has 2 amide bonds. The average Bonchev–Trinajstić information content (AvgIpc) is 2.97. The topological polar surface area (TPSA) is 58.6 Å². The van der Waals surface area contributed by atoms with Crippen LogP contribution in [0, 0.1) is 0 Å². The summed E-state index contributed by atoms with van der Waals surface area (Å²) in [7, 11) is 0. The van der Waals surface area contributed by atoms with E-state index in [0.29, 0.717) is 23.5 Å². The Labute approximate surface area is 127 Å². The normalized spacial score (nSPS) is 15.6. The molecule has 2 heterocycles. The number of fused-ring (bicyclic) bond motifs is 2. The van der Waals surface area contributed by atoms with Gasteiger partial charge in [0.15, 0.2) is 6.61 Å². The Kier molecular flexibility index (Phi) is 2.85. The van der Waals surface area contributed by atoms with E-state index in [1.54, 1.807) is 23.1 Å². The molecule has 5 heteroatoms. The maximum atomic E-state index is 12.9. The number of hydrogen-bond donors (Lipinski definition) is 1. The molecule has 0 saturated heterocycles. The van der Waals surface area contributed by atoms with E-state index >= 15 is 0 Å². The Bertz CT molecular complexity index is 785. The summed E-state index contributed by atoms with van der Waals surface area (Å²) in [5.41, 5.74) is 3.03. The van der Waals surface area contributed by atoms with Crippen LogP contribution in [0.15, 0.2) is 42.5 Å². The SMILES string of the molecule is O=C1COc2cccc(C(=O)N3CCc4ccccc43)c2N1. The monoisotopic (exact) mass is 294 g/mol. The Balaban J connectivity index is 1.75. The van der Waals surface area contributed by atoms with Crippen molar-refractivity contribution in [3.05, 3.63) is 53.6 Å². The number of rotatable bonds is 1. The number of para-hydroxylation sites is 2. The highest BCUT2D eigenvalue weighted by atomic mass is 16.5. The molecule has 2 aliphatic rings. The first-order chi connectivity index (χ1) is 10.7. The summed E-state index contributed by atoms with van der Waals surface area (Å²) in [5.74, 6) is 0.181. The number of carbonyl (C=O) groups excluding carboxylic acids is 2. The minimum absolute atomic E-state index is 0.0167. The predicted octanol–water partition coefficient (Wildman–Crippen LogP) is 2.22. The van der Waals surface area contributed by atoms with Crippen molar-refractivity contribution in [1.82, 2.24) is 0 Å². The van der Waals surface area contributed by atoms with Crippen LogP contribution in [0.2, 0.25) is 0 Å². The standard InChI is InChI=1S/C17H14N2O3/c20-15-10-22-14-7-3-5-12(16(14)18-15)17(21)19-9-8-11-4-1-2-6-13(11)19/h1-7H,8-10H2,(H,18,20). The first-order valence-corrected chi connectivity index (χ1v) is 7.19. The molecule has 0 unspecified atom stereocenters. The van der Waals surface area contributed by atoms with E-state index in [-0.39, 0.29) is 18.4 Å². The molecule has 22 heavy (non-hydrogen) atoms. The van der Waals surface area contributed by atoms with Gasteiger partial charge in [-0.1, -0.05) is 24.3 Å². The summed E-state index contributed by atoms with van der Waals surface area (Å²) in [6.45, 7) is 0.633. The Morgan fingerprint density at radius 1 is 1.14 bits per heavy atom. The molecule has 0 fully saturated rings. The van der Waals surface area contributed by atoms with Crippen molar-refractivity contribution in [3.8, 4) is 5.75 Å². The van der Waals surface area contributed by atoms with Crippen molar-refractivity contribution in [2.75, 3.05) is 23.4 Å². The van der Waals surface area contributed by atoms with E-state index < -0.39 is 0 Å². The summed E-state index contributed by atoms with van der Waals surface area (Å²) < 4.78 is 5.38. The van der Waals surface area contributed by atoms with Crippen LogP contribution in [0.3, 0.4) is 0 Å². The minimum Gasteiger partial charge on any atom is -0.482 e. The summed E-state index contributed by atoms with van der Waals surface area (Å²) in [5, 5.41) is 2.75. The number of benzene rings is 2. The third-order valence-electron chi connectivity index (χ3n) is 4.01. The molecule has 1 N–H and O–H groups in total. The smallest absolute Gasteiger partial charge is 0.262 e. The van der Waals surface area contributed by atoms with Crippen LogP contribution in [-0.2, 0) is 11.2 Å². The van der Waals surface area contributed by atoms with Gasteiger partial charge in [-0.15, -0.1) is 0 Å². The zero-order valence-corrected chi connectivity index (χ0v) is 11.8. The third kappa shape index (κ3) is 1.94. The van der Waals surface area contributed by atoms with Gasteiger partial charge in [0.2, 0.25) is 0 Å². The van der Waals surface area contributed by atoms with Gasteiger partial charge in [-0.05, 0) is 30.2 Å². The van der Waals surface area contributed by atoms with E-state index in [1.807, 2.05) is 24.3 Å². The average molecular weight is 294 g/mol. The van der Waals surface area contributed by atoms with E-state index in [1.165, 1.54) is 5.56 Å². The fourth-order valence-corrected chi connectivity index (χ4v) is 2.97. The number of hydrogen-bond acceptors (Lipinski definition) is 3. The minimum atomic E-state index is -0.241. The highest BCUT2D eigenvalue weighted by Gasteiger charge is 2.29. The zero-order valence-electron chi connectivity index (χ0n) is 11.8. The molecule has 0 atom stereocenters. The summed E-state index contributed by atoms with van der Waals surface area (Å²) in [6, 6.07) is 13.1. The number of nitrogens with zero attached hydrogens (tertiary/aromatic N) is 1. The maximum Gasteiger partial charge on any atom is 0.262 e. The molecule has 0 aliphatic carbocycles. The van der Waals surface area contributed by atoms with E-state index in [0.717, 1.165) is 12.1 Å². The van der Waals surface area contributed by atoms with Gasteiger partial charge in [-0.25, -0.2) is 0 Å². The zero-order chi connectivity index (χ0) is 15.1. The van der Waals surface area contributed by atoms with Crippen LogP contribution in [0.25, 0.3) is 0 Å². The molecule has 2 aromatic carbocycles. The quantitative estimate of drug-likeness (QED) is 0.877. The molecular weight excluding hydrogens is 280 g/mol. The van der Waals surface area contributed by atoms with Gasteiger partial charge < -0.3 is 15.0 Å². The van der Waals surface area contributed by atoms with Gasteiger partial charge in [0, 0.05) is 12.2 Å². The van der Waals surface area contributed by atoms with Gasteiger partial charge >= 0.3 is 0 Å². The lowest BCUT2D eigenvalue weighted by atomic mass is 10.1. The lowest BCUT2D eigenvalue weighted by Gasteiger charge is -2.23. The summed E-state index contributed by atoms with van der Waals surface area (Å²) >= 11 is 0. The molecule has 0 spiro atoms. The van der Waals surface area contributed by atoms with Crippen molar-refractivity contribution < 1.29 is 14.3 Å². The fraction of sp³-hybridized carbons (Fsp3) is 0.176. The molecule has 2 aliphatic heterocycles. The summed E-state index contributed by atoms with van der Waals surface area (Å²) in [4.78, 5) is 26.2. The highest BCUT2D eigenvalue weighted by molar-refractivity contribution is 6.13. The number of amides is 2. The number of carbonyl (C=O) groups is 2. The van der Waals surface area contributed by atoms with Crippen molar-refractivity contribution in [3.63, 3.8) is 0 Å². The van der Waals surface area contributed by atoms with Gasteiger partial charge in [0.25, 0.3) is 11.8 Å². The lowest BCUT2D eigenvalue weighted by molar-refractivity contribution is -0.118. The van der Waals surface area contributed by atoms with Crippen LogP contribution in [0.5, 0.6) is 5.75 Å². The molecule has 2 aromatic rings. The highest BCUT2D eigenvalue weighted by Crippen LogP contribution is 2.35. The Morgan fingerprint density at radius 3 is 2.91 bits per heavy atom. The van der Waals surface area contributed by atoms with Gasteiger partial charge in [-0.2, -0.15) is 0 Å². The number of ether oxygens (including phenoxy) is 1. The fourth-order valence-electron chi connectivity index (χ4n) is 2.97. The largest absolute Gasteiger partial charge is 0.482 e. The van der Waals surface area contributed by atoms with E-state index in [2.05, 4.69) is 5.32 Å². The molecule has 5 nitrogen and oxygen atoms in total. The Morgan fingerprint density at radius 2 is 2.00 bits per heavy atom. The van der Waals surface area contributed by atoms with Gasteiger partial charge in [-0.3, -0.25) is 9.59 Å². The molecule has 4 rings (SSSR count). The van der Waals surface area contributed by atoms with Crippen molar-refractivity contribution in [2.45, 2.75) is 6.42 Å². The number of anilines is 2. The molecule has 0 radical (unpaired) electrons. The van der Waals surface area contributed by atoms with Crippen molar-refractivity contribution in [2.24, 2.45) is 0 Å². The van der Waals surface area contributed by atoms with Gasteiger partial charge in [0.1, 0.15) is 5.75 Å². The van der Waals surface area contributed by atoms with Gasteiger partial charge in [0.05, 0.1) is 11.3 Å². The summed E-state index contributed by atoms with van der Waals surface area (Å²) in [6.07, 6.45) is 0.847. The number of nitrogens with one attached hydrogen (secondary N) is 1. The van der Waals surface area contributed by atoms with Crippen molar-refractivity contribution >= 4 is 23.2 Å². The lowest BCUT2D eigenvalue weighted by Crippen LogP contribution is -2.32. The second-order valence-electron chi connectivity index (χ2n) is 5.35. The molecule has 0 saturated carbocycles. The molecular formula is C17H14N2O3. The molecule has 110 valence electrons. The maximum absolute atomic E-state index is 12.9. The van der Waals surface area contributed by atoms with Crippen LogP contribution >= 0.6 is 0 Å². The van der Waals surface area contributed by atoms with Crippen molar-refractivity contribution in [1.29, 1.82) is 0 Å². The third-order valence-corrected chi connectivity index (χ3v) is 4.01. The first kappa shape index (κ1) is 12.9. The predicted molar refractivity (Wildman–Crippen MR) is 82.4 cm³/mol. The van der Waals surface area contributed by atoms with E-state index in [4.69, 9.17) is 4.74 Å². The Hall–Kier alpha value is -2.82. The van der Waals surface area contributed by atoms with Crippen LogP contribution in [0.4, 0.5) is 11.4 Å². The van der Waals surface area contributed by atoms with E-state index in [9.17, 15) is 9.59 Å². The second-order valence-corrected chi connectivity index (χ2v) is 5.35.